The molecule has 4 aromatic carbocycles. The van der Waals surface area contributed by atoms with Crippen molar-refractivity contribution in [2.75, 3.05) is 41.8 Å². The number of amides is 5. The summed E-state index contributed by atoms with van der Waals surface area (Å²) in [5.74, 6) is -5.19. The second-order valence-corrected chi connectivity index (χ2v) is 20.0. The van der Waals surface area contributed by atoms with Gasteiger partial charge in [-0.2, -0.15) is 9.29 Å². The summed E-state index contributed by atoms with van der Waals surface area (Å²) in [6.07, 6.45) is 2.71. The molecule has 0 spiro atoms. The van der Waals surface area contributed by atoms with E-state index in [2.05, 4.69) is 20.9 Å². The monoisotopic (exact) mass is 947 g/mol. The topological polar surface area (TPSA) is 258 Å². The van der Waals surface area contributed by atoms with Crippen molar-refractivity contribution in [3.05, 3.63) is 101 Å². The summed E-state index contributed by atoms with van der Waals surface area (Å²) in [4.78, 5) is 81.8. The second kappa shape index (κ2) is 18.1. The number of aromatic carboxylic acids is 1. The van der Waals surface area contributed by atoms with Gasteiger partial charge in [0.2, 0.25) is 27.7 Å². The molecule has 0 saturated carbocycles. The first-order valence-corrected chi connectivity index (χ1v) is 23.9. The van der Waals surface area contributed by atoms with Crippen molar-refractivity contribution in [1.29, 1.82) is 0 Å². The predicted octanol–water partition coefficient (Wildman–Crippen LogP) is 6.02. The smallest absolute Gasteiger partial charge is 0.377 e. The van der Waals surface area contributed by atoms with E-state index in [4.69, 9.17) is 14.3 Å². The SMILES string of the molecule is CC1(C)CC(Nc2cccc(-c3nc(OCC(=O)O)c(C(=O)O)o3)c2)CCN1S(=O)(=O)Cc1cccc(NC(=O)N2CCC(c3ccc4c5c(cccc35)C(=O)N4C3CCC(=O)NC3=O)CC2)c1. The zero-order valence-corrected chi connectivity index (χ0v) is 38.0. The first-order valence-electron chi connectivity index (χ1n) is 22.3. The molecule has 5 amide bonds. The number of likely N-dealkylation sites (tertiary alicyclic amines) is 1. The largest absolute Gasteiger partial charge is 0.479 e. The highest BCUT2D eigenvalue weighted by Gasteiger charge is 2.43. The summed E-state index contributed by atoms with van der Waals surface area (Å²) < 4.78 is 40.0. The summed E-state index contributed by atoms with van der Waals surface area (Å²) in [5.41, 5.74) is 3.53. The Kier molecular flexibility index (Phi) is 12.2. The molecule has 20 heteroatoms. The van der Waals surface area contributed by atoms with E-state index < -0.39 is 57.7 Å². The van der Waals surface area contributed by atoms with E-state index in [-0.39, 0.29) is 60.8 Å². The number of piperidine rings is 3. The number of carboxylic acid groups (broad SMARTS) is 2. The van der Waals surface area contributed by atoms with Crippen molar-refractivity contribution in [2.24, 2.45) is 0 Å². The maximum atomic E-state index is 14.0. The third-order valence-electron chi connectivity index (χ3n) is 13.1. The molecule has 19 nitrogen and oxygen atoms in total. The van der Waals surface area contributed by atoms with E-state index >= 15 is 0 Å². The molecule has 0 aliphatic carbocycles. The van der Waals surface area contributed by atoms with Crippen molar-refractivity contribution in [1.82, 2.24) is 19.5 Å². The van der Waals surface area contributed by atoms with Gasteiger partial charge in [0, 0.05) is 65.5 Å². The van der Waals surface area contributed by atoms with E-state index in [1.807, 2.05) is 38.1 Å². The standard InChI is InChI=1S/C48H49N7O12S/c1-48(2)24-32(49-31-9-4-7-29(23-31)43-52-44(66-25-39(57)58)41(67-43)46(61)62)18-21-54(48)68(64,65)26-27-6-3-8-30(22-27)50-47(63)53-19-16-28(17-20-53)33-12-13-36-40-34(33)10-5-11-35(40)45(60)55(36)37-14-15-38(56)51-42(37)59/h3-13,22-23,28,32,37,49H,14-21,24-26H2,1-2H3,(H,50,63)(H,57,58)(H,61,62)(H,51,56,59). The molecular formula is C48H49N7O12S. The Bertz CT molecular complexity index is 3000. The van der Waals surface area contributed by atoms with Gasteiger partial charge in [-0.15, -0.1) is 0 Å². The van der Waals surface area contributed by atoms with Gasteiger partial charge in [0.25, 0.3) is 17.5 Å². The highest BCUT2D eigenvalue weighted by molar-refractivity contribution is 7.88. The molecule has 1 aromatic heterocycles. The number of aromatic nitrogens is 1. The third-order valence-corrected chi connectivity index (χ3v) is 15.1. The quantitative estimate of drug-likeness (QED) is 0.0847. The molecule has 4 aliphatic rings. The third kappa shape index (κ3) is 9.07. The average Bonchev–Trinajstić information content (AvgIpc) is 3.85. The number of ether oxygens (including phenoxy) is 1. The lowest BCUT2D eigenvalue weighted by molar-refractivity contribution is -0.139. The number of hydrogen-bond acceptors (Lipinski definition) is 12. The fraction of sp³-hybridized carbons (Fsp3) is 0.354. The van der Waals surface area contributed by atoms with E-state index in [1.54, 1.807) is 59.5 Å². The minimum absolute atomic E-state index is 0.0769. The number of benzene rings is 4. The molecule has 5 N–H and O–H groups in total. The van der Waals surface area contributed by atoms with Crippen molar-refractivity contribution >= 4 is 73.5 Å². The van der Waals surface area contributed by atoms with E-state index in [1.165, 1.54) is 9.21 Å². The number of carboxylic acids is 2. The lowest BCUT2D eigenvalue weighted by Crippen LogP contribution is -2.55. The number of aliphatic carboxylic acids is 1. The Morgan fingerprint density at radius 1 is 0.912 bits per heavy atom. The fourth-order valence-corrected chi connectivity index (χ4v) is 12.0. The summed E-state index contributed by atoms with van der Waals surface area (Å²) in [6.45, 7) is 4.13. The van der Waals surface area contributed by atoms with Crippen LogP contribution in [0.5, 0.6) is 5.88 Å². The minimum Gasteiger partial charge on any atom is -0.479 e. The van der Waals surface area contributed by atoms with Crippen molar-refractivity contribution in [3.63, 3.8) is 0 Å². The van der Waals surface area contributed by atoms with Gasteiger partial charge >= 0.3 is 18.0 Å². The van der Waals surface area contributed by atoms with Crippen LogP contribution in [0.4, 0.5) is 21.9 Å². The molecule has 5 heterocycles. The van der Waals surface area contributed by atoms with Crippen molar-refractivity contribution < 1.29 is 56.6 Å². The van der Waals surface area contributed by atoms with Crippen LogP contribution in [0.15, 0.2) is 83.3 Å². The Balaban J connectivity index is 0.798. The number of urea groups is 1. The van der Waals surface area contributed by atoms with Crippen LogP contribution in [0.1, 0.15) is 90.3 Å². The lowest BCUT2D eigenvalue weighted by atomic mass is 9.85. The van der Waals surface area contributed by atoms with Gasteiger partial charge in [-0.25, -0.2) is 22.8 Å². The molecule has 354 valence electrons. The molecule has 2 unspecified atom stereocenters. The van der Waals surface area contributed by atoms with Crippen molar-refractivity contribution in [3.8, 4) is 17.3 Å². The summed E-state index contributed by atoms with van der Waals surface area (Å²) in [5, 5.41) is 29.0. The molecule has 0 bridgehead atoms. The van der Waals surface area contributed by atoms with Crippen LogP contribution in [-0.4, -0.2) is 112 Å². The number of sulfonamides is 1. The van der Waals surface area contributed by atoms with Gasteiger partial charge in [0.15, 0.2) is 6.61 Å². The van der Waals surface area contributed by atoms with E-state index in [9.17, 15) is 42.3 Å². The molecule has 9 rings (SSSR count). The number of nitrogens with one attached hydrogen (secondary N) is 3. The number of hydrogen-bond donors (Lipinski definition) is 5. The Labute approximate surface area is 390 Å². The molecule has 0 radical (unpaired) electrons. The normalized spacial score (nSPS) is 19.8. The highest BCUT2D eigenvalue weighted by Crippen LogP contribution is 2.44. The van der Waals surface area contributed by atoms with E-state index in [0.29, 0.717) is 72.5 Å². The molecule has 68 heavy (non-hydrogen) atoms. The number of anilines is 3. The molecule has 2 atom stereocenters. The van der Waals surface area contributed by atoms with Crippen LogP contribution >= 0.6 is 0 Å². The predicted molar refractivity (Wildman–Crippen MR) is 248 cm³/mol. The average molecular weight is 948 g/mol. The summed E-state index contributed by atoms with van der Waals surface area (Å²) >= 11 is 0. The number of rotatable bonds is 13. The molecule has 5 aromatic rings. The van der Waals surface area contributed by atoms with Crippen LogP contribution in [0.25, 0.3) is 22.2 Å². The zero-order chi connectivity index (χ0) is 48.1. The van der Waals surface area contributed by atoms with Gasteiger partial charge in [-0.3, -0.25) is 24.6 Å². The number of oxazole rings is 1. The van der Waals surface area contributed by atoms with Gasteiger partial charge < -0.3 is 34.9 Å². The maximum absolute atomic E-state index is 14.0. The molecular weight excluding hydrogens is 899 g/mol. The number of carbonyl (C=O) groups is 6. The maximum Gasteiger partial charge on any atom is 0.377 e. The molecule has 4 aliphatic heterocycles. The van der Waals surface area contributed by atoms with Crippen LogP contribution in [0, 0.1) is 0 Å². The summed E-state index contributed by atoms with van der Waals surface area (Å²) in [7, 11) is -3.82. The Hall–Kier alpha value is -7.32. The fourth-order valence-electron chi connectivity index (χ4n) is 10.0. The zero-order valence-electron chi connectivity index (χ0n) is 37.2. The van der Waals surface area contributed by atoms with Gasteiger partial charge in [0.05, 0.1) is 11.4 Å². The molecule has 3 fully saturated rings. The first-order chi connectivity index (χ1) is 32.5. The Morgan fingerprint density at radius 2 is 1.66 bits per heavy atom. The van der Waals surface area contributed by atoms with Gasteiger partial charge in [-0.05, 0) is 111 Å². The van der Waals surface area contributed by atoms with Gasteiger partial charge in [-0.1, -0.05) is 36.4 Å². The number of nitrogens with zero attached hydrogens (tertiary/aromatic N) is 4. The molecule has 3 saturated heterocycles. The second-order valence-electron chi connectivity index (χ2n) is 18.1. The summed E-state index contributed by atoms with van der Waals surface area (Å²) in [6, 6.07) is 22.0. The number of carbonyl (C=O) groups excluding carboxylic acids is 4. The highest BCUT2D eigenvalue weighted by atomic mass is 32.2. The van der Waals surface area contributed by atoms with E-state index in [0.717, 1.165) is 16.3 Å². The lowest BCUT2D eigenvalue weighted by Gasteiger charge is -2.45. The van der Waals surface area contributed by atoms with Crippen LogP contribution in [0.3, 0.4) is 0 Å². The van der Waals surface area contributed by atoms with Crippen molar-refractivity contribution in [2.45, 2.75) is 81.7 Å². The van der Waals surface area contributed by atoms with Crippen LogP contribution in [-0.2, 0) is 30.2 Å². The van der Waals surface area contributed by atoms with Crippen LogP contribution in [0.2, 0.25) is 0 Å². The minimum atomic E-state index is -3.82. The van der Waals surface area contributed by atoms with Gasteiger partial charge in [0.1, 0.15) is 6.04 Å². The Morgan fingerprint density at radius 3 is 2.40 bits per heavy atom. The number of imide groups is 1. The van der Waals surface area contributed by atoms with Crippen LogP contribution < -0.4 is 25.6 Å². The first kappa shape index (κ1) is 45.8.